The van der Waals surface area contributed by atoms with Crippen molar-refractivity contribution in [2.75, 3.05) is 26.2 Å². The van der Waals surface area contributed by atoms with Crippen molar-refractivity contribution in [3.8, 4) is 0 Å². The fourth-order valence-electron chi connectivity index (χ4n) is 2.93. The number of nitrogens with zero attached hydrogens (tertiary/aromatic N) is 2. The molecule has 0 spiro atoms. The molecule has 2 fully saturated rings. The molecule has 0 aromatic carbocycles. The van der Waals surface area contributed by atoms with Gasteiger partial charge in [-0.2, -0.15) is 0 Å². The lowest BCUT2D eigenvalue weighted by atomic mass is 10.1. The molecule has 2 aliphatic heterocycles. The lowest BCUT2D eigenvalue weighted by Gasteiger charge is -2.31. The number of hydrogen-bond donors (Lipinski definition) is 3. The molecule has 9 nitrogen and oxygen atoms in total. The first-order valence-corrected chi connectivity index (χ1v) is 8.42. The predicted molar refractivity (Wildman–Crippen MR) is 88.3 cm³/mol. The van der Waals surface area contributed by atoms with Crippen LogP contribution < -0.4 is 16.8 Å². The summed E-state index contributed by atoms with van der Waals surface area (Å²) in [5.41, 5.74) is 11.1. The molecule has 2 unspecified atom stereocenters. The van der Waals surface area contributed by atoms with Crippen LogP contribution in [0.1, 0.15) is 32.6 Å². The second kappa shape index (κ2) is 8.72. The van der Waals surface area contributed by atoms with Gasteiger partial charge in [0.2, 0.25) is 5.91 Å². The van der Waals surface area contributed by atoms with Crippen LogP contribution in [0, 0.1) is 0 Å². The molecule has 24 heavy (non-hydrogen) atoms. The molecule has 0 aromatic heterocycles. The van der Waals surface area contributed by atoms with Gasteiger partial charge in [-0.15, -0.1) is 0 Å². The largest absolute Gasteiger partial charge is 0.450 e. The summed E-state index contributed by atoms with van der Waals surface area (Å²) in [5.74, 6) is -0.0726. The highest BCUT2D eigenvalue weighted by Gasteiger charge is 2.29. The Hall–Kier alpha value is -2.03. The van der Waals surface area contributed by atoms with Crippen molar-refractivity contribution in [1.29, 1.82) is 0 Å². The number of primary amides is 1. The van der Waals surface area contributed by atoms with Gasteiger partial charge < -0.3 is 31.2 Å². The summed E-state index contributed by atoms with van der Waals surface area (Å²) in [7, 11) is 0. The molecule has 2 saturated heterocycles. The standard InChI is InChI=1S/C15H27N5O4/c1-2-23-15(22)20-7-5-10(6-8-20)19-14(17)18-9-11-3-4-12(24-11)13(16)21/h10-12H,2-9H2,1H3,(H2,16,21)(H3,17,18,19). The minimum absolute atomic E-state index is 0.117. The predicted octanol–water partition coefficient (Wildman–Crippen LogP) is -0.455. The van der Waals surface area contributed by atoms with E-state index in [-0.39, 0.29) is 18.2 Å². The number of carbonyl (C=O) groups is 2. The molecule has 0 saturated carbocycles. The van der Waals surface area contributed by atoms with Crippen molar-refractivity contribution in [3.05, 3.63) is 0 Å². The number of aliphatic imine (C=N–C) groups is 1. The van der Waals surface area contributed by atoms with Gasteiger partial charge in [-0.25, -0.2) is 4.79 Å². The average Bonchev–Trinajstić information content (AvgIpc) is 3.03. The Morgan fingerprint density at radius 1 is 1.25 bits per heavy atom. The van der Waals surface area contributed by atoms with E-state index in [4.69, 9.17) is 20.9 Å². The Balaban J connectivity index is 1.69. The van der Waals surface area contributed by atoms with Crippen molar-refractivity contribution >= 4 is 18.0 Å². The highest BCUT2D eigenvalue weighted by molar-refractivity contribution is 5.79. The van der Waals surface area contributed by atoms with Gasteiger partial charge in [-0.05, 0) is 32.6 Å². The minimum Gasteiger partial charge on any atom is -0.450 e. The van der Waals surface area contributed by atoms with Crippen LogP contribution in [0.25, 0.3) is 0 Å². The number of ether oxygens (including phenoxy) is 2. The van der Waals surface area contributed by atoms with Crippen molar-refractivity contribution in [2.24, 2.45) is 16.5 Å². The van der Waals surface area contributed by atoms with E-state index >= 15 is 0 Å². The highest BCUT2D eigenvalue weighted by atomic mass is 16.6. The molecule has 2 rings (SSSR count). The van der Waals surface area contributed by atoms with E-state index in [9.17, 15) is 9.59 Å². The van der Waals surface area contributed by atoms with Crippen LogP contribution in [-0.2, 0) is 14.3 Å². The van der Waals surface area contributed by atoms with E-state index in [0.717, 1.165) is 19.3 Å². The number of carbonyl (C=O) groups excluding carboxylic acids is 2. The van der Waals surface area contributed by atoms with Gasteiger partial charge in [-0.1, -0.05) is 0 Å². The van der Waals surface area contributed by atoms with Crippen LogP contribution in [0.3, 0.4) is 0 Å². The van der Waals surface area contributed by atoms with Crippen LogP contribution >= 0.6 is 0 Å². The van der Waals surface area contributed by atoms with Crippen LogP contribution in [0.15, 0.2) is 4.99 Å². The Kier molecular flexibility index (Phi) is 6.65. The molecular formula is C15H27N5O4. The molecule has 5 N–H and O–H groups in total. The molecule has 136 valence electrons. The summed E-state index contributed by atoms with van der Waals surface area (Å²) in [6, 6.07) is 0.183. The molecule has 0 bridgehead atoms. The van der Waals surface area contributed by atoms with Crippen molar-refractivity contribution in [2.45, 2.75) is 50.9 Å². The van der Waals surface area contributed by atoms with Crippen molar-refractivity contribution in [3.63, 3.8) is 0 Å². The van der Waals surface area contributed by atoms with Gasteiger partial charge in [0.1, 0.15) is 6.10 Å². The number of likely N-dealkylation sites (tertiary alicyclic amines) is 1. The minimum atomic E-state index is -0.508. The van der Waals surface area contributed by atoms with E-state index < -0.39 is 12.0 Å². The Morgan fingerprint density at radius 3 is 2.54 bits per heavy atom. The highest BCUT2D eigenvalue weighted by Crippen LogP contribution is 2.19. The number of hydrogen-bond acceptors (Lipinski definition) is 5. The lowest BCUT2D eigenvalue weighted by molar-refractivity contribution is -0.128. The monoisotopic (exact) mass is 341 g/mol. The summed E-state index contributed by atoms with van der Waals surface area (Å²) in [6.45, 7) is 3.86. The van der Waals surface area contributed by atoms with Crippen molar-refractivity contribution in [1.82, 2.24) is 10.2 Å². The maximum atomic E-state index is 11.6. The zero-order chi connectivity index (χ0) is 17.5. The molecule has 2 amide bonds. The van der Waals surface area contributed by atoms with Crippen LogP contribution in [-0.4, -0.2) is 67.4 Å². The summed E-state index contributed by atoms with van der Waals surface area (Å²) < 4.78 is 10.5. The lowest BCUT2D eigenvalue weighted by Crippen LogP contribution is -2.48. The quantitative estimate of drug-likeness (QED) is 0.458. The van der Waals surface area contributed by atoms with Gasteiger partial charge in [-0.3, -0.25) is 9.79 Å². The Morgan fingerprint density at radius 2 is 1.96 bits per heavy atom. The molecule has 0 aromatic rings. The normalized spacial score (nSPS) is 25.5. The molecule has 0 radical (unpaired) electrons. The van der Waals surface area contributed by atoms with Crippen LogP contribution in [0.5, 0.6) is 0 Å². The summed E-state index contributed by atoms with van der Waals surface area (Å²) in [4.78, 5) is 28.7. The molecule has 0 aliphatic carbocycles. The maximum absolute atomic E-state index is 11.6. The zero-order valence-corrected chi connectivity index (χ0v) is 14.1. The Labute approximate surface area is 141 Å². The van der Waals surface area contributed by atoms with Crippen LogP contribution in [0.4, 0.5) is 4.79 Å². The van der Waals surface area contributed by atoms with E-state index in [1.807, 2.05) is 0 Å². The third kappa shape index (κ3) is 5.26. The van der Waals surface area contributed by atoms with E-state index in [2.05, 4.69) is 10.3 Å². The first-order valence-electron chi connectivity index (χ1n) is 8.42. The van der Waals surface area contributed by atoms with E-state index in [1.165, 1.54) is 0 Å². The van der Waals surface area contributed by atoms with Gasteiger partial charge in [0, 0.05) is 19.1 Å². The number of nitrogens with one attached hydrogen (secondary N) is 1. The number of piperidine rings is 1. The fraction of sp³-hybridized carbons (Fsp3) is 0.800. The number of rotatable bonds is 5. The third-order valence-electron chi connectivity index (χ3n) is 4.26. The van der Waals surface area contributed by atoms with E-state index in [1.54, 1.807) is 11.8 Å². The smallest absolute Gasteiger partial charge is 0.409 e. The van der Waals surface area contributed by atoms with Crippen LogP contribution in [0.2, 0.25) is 0 Å². The zero-order valence-electron chi connectivity index (χ0n) is 14.1. The van der Waals surface area contributed by atoms with Gasteiger partial charge in [0.15, 0.2) is 5.96 Å². The van der Waals surface area contributed by atoms with Crippen molar-refractivity contribution < 1.29 is 19.1 Å². The first kappa shape index (κ1) is 18.3. The Bertz CT molecular complexity index is 476. The summed E-state index contributed by atoms with van der Waals surface area (Å²) in [5, 5.41) is 3.17. The first-order chi connectivity index (χ1) is 11.5. The summed E-state index contributed by atoms with van der Waals surface area (Å²) in [6.07, 6.45) is 2.08. The number of amides is 2. The maximum Gasteiger partial charge on any atom is 0.409 e. The fourth-order valence-corrected chi connectivity index (χ4v) is 2.93. The van der Waals surface area contributed by atoms with E-state index in [0.29, 0.717) is 38.6 Å². The molecular weight excluding hydrogens is 314 g/mol. The van der Waals surface area contributed by atoms with Gasteiger partial charge >= 0.3 is 6.09 Å². The molecule has 2 aliphatic rings. The molecule has 2 heterocycles. The average molecular weight is 341 g/mol. The second-order valence-corrected chi connectivity index (χ2v) is 6.06. The van der Waals surface area contributed by atoms with Gasteiger partial charge in [0.25, 0.3) is 0 Å². The topological polar surface area (TPSA) is 132 Å². The number of guanidine groups is 1. The third-order valence-corrected chi connectivity index (χ3v) is 4.26. The molecule has 2 atom stereocenters. The molecule has 9 heteroatoms. The summed E-state index contributed by atoms with van der Waals surface area (Å²) >= 11 is 0. The SMILES string of the molecule is CCOC(=O)N1CCC(NC(N)=NCC2CCC(C(N)=O)O2)CC1. The van der Waals surface area contributed by atoms with Gasteiger partial charge in [0.05, 0.1) is 19.3 Å². The second-order valence-electron chi connectivity index (χ2n) is 6.06. The number of nitrogens with two attached hydrogens (primary N) is 2.